The number of aromatic nitrogens is 4. The average molecular weight is 405 g/mol. The number of rotatable bonds is 5. The molecule has 0 aliphatic rings. The number of aromatic amines is 1. The van der Waals surface area contributed by atoms with Gasteiger partial charge in [-0.25, -0.2) is 4.98 Å². The third-order valence-electron chi connectivity index (χ3n) is 3.88. The number of nitrogens with zero attached hydrogens (tertiary/aromatic N) is 3. The molecule has 0 unspecified atom stereocenters. The van der Waals surface area contributed by atoms with Crippen LogP contribution >= 0.6 is 35.0 Å². The van der Waals surface area contributed by atoms with E-state index in [0.717, 1.165) is 27.7 Å². The van der Waals surface area contributed by atoms with E-state index in [1.807, 2.05) is 43.3 Å². The highest BCUT2D eigenvalue weighted by atomic mass is 35.5. The molecule has 0 amide bonds. The zero-order valence-corrected chi connectivity index (χ0v) is 16.1. The molecule has 0 saturated heterocycles. The van der Waals surface area contributed by atoms with Gasteiger partial charge in [-0.3, -0.25) is 0 Å². The lowest BCUT2D eigenvalue weighted by atomic mass is 10.2. The minimum atomic E-state index is 0.560. The molecule has 0 spiro atoms. The highest BCUT2D eigenvalue weighted by Gasteiger charge is 2.12. The molecular formula is C18H14Cl2N4OS. The number of hydrogen-bond acceptors (Lipinski definition) is 5. The number of nitrogens with one attached hydrogen (secondary N) is 1. The summed E-state index contributed by atoms with van der Waals surface area (Å²) >= 11 is 13.9. The van der Waals surface area contributed by atoms with Gasteiger partial charge in [0.1, 0.15) is 11.3 Å². The monoisotopic (exact) mass is 404 g/mol. The zero-order chi connectivity index (χ0) is 18.1. The van der Waals surface area contributed by atoms with Crippen molar-refractivity contribution in [2.75, 3.05) is 6.61 Å². The number of H-pyrrole nitrogens is 1. The third-order valence-corrected chi connectivity index (χ3v) is 5.46. The summed E-state index contributed by atoms with van der Waals surface area (Å²) in [4.78, 5) is 7.84. The predicted molar refractivity (Wildman–Crippen MR) is 106 cm³/mol. The van der Waals surface area contributed by atoms with Crippen molar-refractivity contribution in [3.8, 4) is 5.75 Å². The summed E-state index contributed by atoms with van der Waals surface area (Å²) in [7, 11) is 0. The second-order valence-corrected chi connectivity index (χ2v) is 7.30. The average Bonchev–Trinajstić information content (AvgIpc) is 2.99. The second kappa shape index (κ2) is 7.31. The fraction of sp³-hybridized carbons (Fsp3) is 0.167. The Bertz CT molecular complexity index is 1080. The smallest absolute Gasteiger partial charge is 0.211 e. The summed E-state index contributed by atoms with van der Waals surface area (Å²) in [5.74, 6) is 1.37. The summed E-state index contributed by atoms with van der Waals surface area (Å²) in [5.41, 5.74) is 3.22. The first-order valence-corrected chi connectivity index (χ1v) is 9.74. The molecule has 0 aliphatic carbocycles. The van der Waals surface area contributed by atoms with Crippen LogP contribution < -0.4 is 4.74 Å². The van der Waals surface area contributed by atoms with Crippen molar-refractivity contribution < 1.29 is 4.74 Å². The number of fused-ring (bicyclic) bond motifs is 3. The van der Waals surface area contributed by atoms with Crippen molar-refractivity contribution in [1.82, 2.24) is 20.2 Å². The fourth-order valence-corrected chi connectivity index (χ4v) is 4.19. The molecule has 0 radical (unpaired) electrons. The molecule has 0 atom stereocenters. The number of halogens is 2. The Hall–Kier alpha value is -2.02. The lowest BCUT2D eigenvalue weighted by Gasteiger charge is -2.05. The summed E-state index contributed by atoms with van der Waals surface area (Å²) in [6.45, 7) is 2.57. The van der Waals surface area contributed by atoms with Gasteiger partial charge in [0.05, 0.1) is 6.61 Å². The molecular weight excluding hydrogens is 391 g/mol. The topological polar surface area (TPSA) is 63.7 Å². The molecule has 0 aliphatic heterocycles. The van der Waals surface area contributed by atoms with E-state index in [0.29, 0.717) is 33.2 Å². The molecule has 4 aromatic rings. The van der Waals surface area contributed by atoms with E-state index in [9.17, 15) is 0 Å². The van der Waals surface area contributed by atoms with Crippen molar-refractivity contribution in [3.05, 3.63) is 52.0 Å². The van der Waals surface area contributed by atoms with Crippen molar-refractivity contribution >= 4 is 57.0 Å². The van der Waals surface area contributed by atoms with E-state index in [1.165, 1.54) is 11.8 Å². The van der Waals surface area contributed by atoms with Crippen LogP contribution in [0.2, 0.25) is 10.0 Å². The van der Waals surface area contributed by atoms with Gasteiger partial charge >= 0.3 is 0 Å². The fourth-order valence-electron chi connectivity index (χ4n) is 2.66. The van der Waals surface area contributed by atoms with Crippen LogP contribution in [-0.2, 0) is 5.75 Å². The van der Waals surface area contributed by atoms with Crippen molar-refractivity contribution in [2.45, 2.75) is 17.8 Å². The van der Waals surface area contributed by atoms with Crippen LogP contribution in [0.15, 0.2) is 41.6 Å². The maximum Gasteiger partial charge on any atom is 0.211 e. The maximum absolute atomic E-state index is 6.21. The number of benzene rings is 2. The molecule has 4 rings (SSSR count). The molecule has 2 heterocycles. The molecule has 8 heteroatoms. The van der Waals surface area contributed by atoms with Crippen molar-refractivity contribution in [2.24, 2.45) is 0 Å². The first-order chi connectivity index (χ1) is 12.7. The second-order valence-electron chi connectivity index (χ2n) is 5.55. The van der Waals surface area contributed by atoms with Crippen LogP contribution in [0.1, 0.15) is 12.5 Å². The molecule has 0 fully saturated rings. The maximum atomic E-state index is 6.21. The first-order valence-electron chi connectivity index (χ1n) is 8.00. The van der Waals surface area contributed by atoms with E-state index in [-0.39, 0.29) is 0 Å². The first kappa shape index (κ1) is 17.4. The minimum absolute atomic E-state index is 0.560. The highest BCUT2D eigenvalue weighted by molar-refractivity contribution is 7.98. The van der Waals surface area contributed by atoms with Crippen molar-refractivity contribution in [1.29, 1.82) is 0 Å². The molecule has 5 nitrogen and oxygen atoms in total. The van der Waals surface area contributed by atoms with E-state index in [2.05, 4.69) is 20.2 Å². The van der Waals surface area contributed by atoms with E-state index < -0.39 is 0 Å². The molecule has 0 saturated carbocycles. The Balaban J connectivity index is 1.64. The summed E-state index contributed by atoms with van der Waals surface area (Å²) < 4.78 is 5.55. The standard InChI is InChI=1S/C18H14Cl2N4OS/c1-2-25-10-6-7-15-11(8-10)16-17(21-15)22-18(24-23-16)26-9-12-13(19)4-3-5-14(12)20/h3-8H,2,9H2,1H3,(H,21,22,24). The van der Waals surface area contributed by atoms with Gasteiger partial charge < -0.3 is 9.72 Å². The van der Waals surface area contributed by atoms with E-state index in [1.54, 1.807) is 0 Å². The van der Waals surface area contributed by atoms with Gasteiger partial charge in [-0.1, -0.05) is 41.0 Å². The number of ether oxygens (including phenoxy) is 1. The van der Waals surface area contributed by atoms with Gasteiger partial charge in [-0.05, 0) is 42.8 Å². The minimum Gasteiger partial charge on any atom is -0.494 e. The van der Waals surface area contributed by atoms with Gasteiger partial charge in [-0.15, -0.1) is 10.2 Å². The van der Waals surface area contributed by atoms with Gasteiger partial charge in [0.15, 0.2) is 5.65 Å². The van der Waals surface area contributed by atoms with E-state index in [4.69, 9.17) is 27.9 Å². The number of thioether (sulfide) groups is 1. The Morgan fingerprint density at radius 1 is 1.12 bits per heavy atom. The number of hydrogen-bond donors (Lipinski definition) is 1. The Labute approximate surface area is 164 Å². The van der Waals surface area contributed by atoms with Crippen LogP contribution in [0.3, 0.4) is 0 Å². The van der Waals surface area contributed by atoms with Crippen molar-refractivity contribution in [3.63, 3.8) is 0 Å². The molecule has 0 bridgehead atoms. The Morgan fingerprint density at radius 3 is 2.69 bits per heavy atom. The normalized spacial score (nSPS) is 11.3. The van der Waals surface area contributed by atoms with Crippen LogP contribution in [-0.4, -0.2) is 26.8 Å². The summed E-state index contributed by atoms with van der Waals surface area (Å²) in [6, 6.07) is 11.3. The molecule has 2 aromatic carbocycles. The summed E-state index contributed by atoms with van der Waals surface area (Å²) in [5, 5.41) is 11.3. The lowest BCUT2D eigenvalue weighted by Crippen LogP contribution is -1.93. The van der Waals surface area contributed by atoms with Crippen LogP contribution in [0.4, 0.5) is 0 Å². The van der Waals surface area contributed by atoms with Gasteiger partial charge in [-0.2, -0.15) is 0 Å². The largest absolute Gasteiger partial charge is 0.494 e. The third kappa shape index (κ3) is 3.32. The predicted octanol–water partition coefficient (Wildman–Crippen LogP) is 5.50. The van der Waals surface area contributed by atoms with Crippen LogP contribution in [0.5, 0.6) is 5.75 Å². The van der Waals surface area contributed by atoms with Gasteiger partial charge in [0, 0.05) is 26.7 Å². The highest BCUT2D eigenvalue weighted by Crippen LogP contribution is 2.31. The molecule has 2 aromatic heterocycles. The van der Waals surface area contributed by atoms with Crippen LogP contribution in [0, 0.1) is 0 Å². The quantitative estimate of drug-likeness (QED) is 0.444. The van der Waals surface area contributed by atoms with Gasteiger partial charge in [0.2, 0.25) is 5.16 Å². The molecule has 26 heavy (non-hydrogen) atoms. The summed E-state index contributed by atoms with van der Waals surface area (Å²) in [6.07, 6.45) is 0. The Kier molecular flexibility index (Phi) is 4.89. The van der Waals surface area contributed by atoms with E-state index >= 15 is 0 Å². The molecule has 132 valence electrons. The SMILES string of the molecule is CCOc1ccc2[nH]c3nc(SCc4c(Cl)cccc4Cl)nnc3c2c1. The van der Waals surface area contributed by atoms with Gasteiger partial charge in [0.25, 0.3) is 0 Å². The van der Waals surface area contributed by atoms with Crippen LogP contribution in [0.25, 0.3) is 22.1 Å². The zero-order valence-electron chi connectivity index (χ0n) is 13.8. The Morgan fingerprint density at radius 2 is 1.92 bits per heavy atom. The molecule has 1 N–H and O–H groups in total. The lowest BCUT2D eigenvalue weighted by molar-refractivity contribution is 0.341.